The molecule has 0 aliphatic carbocycles. The van der Waals surface area contributed by atoms with Crippen LogP contribution in [0.5, 0.6) is 0 Å². The smallest absolute Gasteiger partial charge is 0.215 e. The third-order valence-electron chi connectivity index (χ3n) is 3.29. The molecule has 0 aliphatic rings. The van der Waals surface area contributed by atoms with Gasteiger partial charge in [-0.1, -0.05) is 44.2 Å². The van der Waals surface area contributed by atoms with Crippen LogP contribution >= 0.6 is 0 Å². The minimum Gasteiger partial charge on any atom is -0.370 e. The van der Waals surface area contributed by atoms with Gasteiger partial charge in [0.05, 0.1) is 12.3 Å². The minimum absolute atomic E-state index is 0.0181. The zero-order valence-corrected chi connectivity index (χ0v) is 14.1. The van der Waals surface area contributed by atoms with E-state index in [1.165, 1.54) is 9.87 Å². The lowest BCUT2D eigenvalue weighted by Gasteiger charge is -2.17. The quantitative estimate of drug-likeness (QED) is 0.519. The van der Waals surface area contributed by atoms with Gasteiger partial charge in [-0.2, -0.15) is 0 Å². The molecular weight excluding hydrogens is 300 g/mol. The standard InChI is InChI=1S/C15H26N4O2S/c1-3-19(4-2)22(20,21)13-12-18-15(16)17-11-10-14-8-6-5-7-9-14/h5-9H,3-4,10-13H2,1-2H3,(H3,16,17,18). The van der Waals surface area contributed by atoms with Crippen molar-refractivity contribution in [2.24, 2.45) is 10.7 Å². The van der Waals surface area contributed by atoms with Crippen molar-refractivity contribution in [1.29, 1.82) is 0 Å². The van der Waals surface area contributed by atoms with Crippen molar-refractivity contribution in [1.82, 2.24) is 9.62 Å². The molecule has 0 saturated heterocycles. The number of nitrogens with two attached hydrogens (primary N) is 1. The summed E-state index contributed by atoms with van der Waals surface area (Å²) in [7, 11) is -3.24. The normalized spacial score (nSPS) is 12.6. The zero-order chi connectivity index (χ0) is 16.4. The Kier molecular flexibility index (Phi) is 7.90. The molecule has 0 aliphatic heterocycles. The number of sulfonamides is 1. The Morgan fingerprint density at radius 1 is 1.23 bits per heavy atom. The maximum Gasteiger partial charge on any atom is 0.215 e. The van der Waals surface area contributed by atoms with E-state index < -0.39 is 10.0 Å². The first-order valence-electron chi connectivity index (χ1n) is 7.55. The number of hydrogen-bond acceptors (Lipinski definition) is 3. The lowest BCUT2D eigenvalue weighted by atomic mass is 10.1. The van der Waals surface area contributed by atoms with Crippen molar-refractivity contribution in [3.63, 3.8) is 0 Å². The van der Waals surface area contributed by atoms with Crippen molar-refractivity contribution >= 4 is 16.0 Å². The van der Waals surface area contributed by atoms with Crippen LogP contribution in [0.4, 0.5) is 0 Å². The number of aliphatic imine (C=N–C) groups is 1. The average molecular weight is 326 g/mol. The van der Waals surface area contributed by atoms with Gasteiger partial charge in [-0.15, -0.1) is 0 Å². The van der Waals surface area contributed by atoms with Gasteiger partial charge in [0.15, 0.2) is 5.96 Å². The molecule has 0 amide bonds. The molecule has 0 atom stereocenters. The lowest BCUT2D eigenvalue weighted by molar-refractivity contribution is 0.445. The van der Waals surface area contributed by atoms with Crippen LogP contribution in [-0.2, 0) is 16.4 Å². The summed E-state index contributed by atoms with van der Waals surface area (Å²) in [4.78, 5) is 4.07. The summed E-state index contributed by atoms with van der Waals surface area (Å²) in [5, 5.41) is 2.99. The number of nitrogens with one attached hydrogen (secondary N) is 1. The van der Waals surface area contributed by atoms with Crippen molar-refractivity contribution in [2.75, 3.05) is 31.9 Å². The van der Waals surface area contributed by atoms with Crippen LogP contribution in [0.2, 0.25) is 0 Å². The van der Waals surface area contributed by atoms with E-state index in [1.807, 2.05) is 44.2 Å². The Balaban J connectivity index is 2.34. The van der Waals surface area contributed by atoms with Gasteiger partial charge >= 0.3 is 0 Å². The van der Waals surface area contributed by atoms with Gasteiger partial charge < -0.3 is 11.1 Å². The van der Waals surface area contributed by atoms with Gasteiger partial charge in [-0.25, -0.2) is 12.7 Å². The first-order chi connectivity index (χ1) is 10.5. The van der Waals surface area contributed by atoms with E-state index in [2.05, 4.69) is 10.3 Å². The van der Waals surface area contributed by atoms with Gasteiger partial charge in [0, 0.05) is 19.6 Å². The average Bonchev–Trinajstić information content (AvgIpc) is 2.49. The Morgan fingerprint density at radius 2 is 1.86 bits per heavy atom. The summed E-state index contributed by atoms with van der Waals surface area (Å²) in [5.41, 5.74) is 6.95. The highest BCUT2D eigenvalue weighted by molar-refractivity contribution is 7.89. The molecule has 1 rings (SSSR count). The topological polar surface area (TPSA) is 87.8 Å². The predicted octanol–water partition coefficient (Wildman–Crippen LogP) is 0.805. The van der Waals surface area contributed by atoms with E-state index in [-0.39, 0.29) is 18.3 Å². The summed E-state index contributed by atoms with van der Waals surface area (Å²) in [5.74, 6) is 0.265. The summed E-state index contributed by atoms with van der Waals surface area (Å²) in [6.07, 6.45) is 0.842. The van der Waals surface area contributed by atoms with Crippen LogP contribution < -0.4 is 11.1 Å². The van der Waals surface area contributed by atoms with E-state index in [9.17, 15) is 8.42 Å². The molecule has 0 unspecified atom stereocenters. The van der Waals surface area contributed by atoms with E-state index in [0.29, 0.717) is 19.6 Å². The maximum absolute atomic E-state index is 12.0. The van der Waals surface area contributed by atoms with Crippen LogP contribution in [0.3, 0.4) is 0 Å². The number of benzene rings is 1. The van der Waals surface area contributed by atoms with Gasteiger partial charge in [-0.3, -0.25) is 4.99 Å². The fourth-order valence-corrected chi connectivity index (χ4v) is 3.43. The second-order valence-electron chi connectivity index (χ2n) is 4.83. The number of rotatable bonds is 9. The molecule has 1 aromatic carbocycles. The Hall–Kier alpha value is -1.60. The SMILES string of the molecule is CCN(CC)S(=O)(=O)CCN=C(N)NCCc1ccccc1. The third kappa shape index (κ3) is 6.44. The Labute approximate surface area is 133 Å². The summed E-state index contributed by atoms with van der Waals surface area (Å²) >= 11 is 0. The number of nitrogens with zero attached hydrogens (tertiary/aromatic N) is 2. The van der Waals surface area contributed by atoms with E-state index in [4.69, 9.17) is 5.73 Å². The van der Waals surface area contributed by atoms with Crippen LogP contribution in [0, 0.1) is 0 Å². The van der Waals surface area contributed by atoms with Gasteiger partial charge in [-0.05, 0) is 12.0 Å². The lowest BCUT2D eigenvalue weighted by Crippen LogP contribution is -2.35. The third-order valence-corrected chi connectivity index (χ3v) is 5.29. The highest BCUT2D eigenvalue weighted by Crippen LogP contribution is 2.00. The monoisotopic (exact) mass is 326 g/mol. The fourth-order valence-electron chi connectivity index (χ4n) is 2.06. The van der Waals surface area contributed by atoms with Crippen molar-refractivity contribution in [2.45, 2.75) is 20.3 Å². The molecule has 3 N–H and O–H groups in total. The zero-order valence-electron chi connectivity index (χ0n) is 13.3. The molecule has 0 aromatic heterocycles. The summed E-state index contributed by atoms with van der Waals surface area (Å²) < 4.78 is 25.4. The Bertz CT molecular complexity index is 554. The molecule has 7 heteroatoms. The fraction of sp³-hybridized carbons (Fsp3) is 0.533. The van der Waals surface area contributed by atoms with E-state index in [1.54, 1.807) is 0 Å². The molecule has 1 aromatic rings. The van der Waals surface area contributed by atoms with E-state index in [0.717, 1.165) is 6.42 Å². The molecule has 124 valence electrons. The molecule has 0 fully saturated rings. The highest BCUT2D eigenvalue weighted by Gasteiger charge is 2.17. The van der Waals surface area contributed by atoms with E-state index >= 15 is 0 Å². The van der Waals surface area contributed by atoms with Crippen LogP contribution in [0.1, 0.15) is 19.4 Å². The van der Waals surface area contributed by atoms with Crippen LogP contribution in [0.25, 0.3) is 0 Å². The molecule has 0 spiro atoms. The van der Waals surface area contributed by atoms with Crippen molar-refractivity contribution < 1.29 is 8.42 Å². The first-order valence-corrected chi connectivity index (χ1v) is 9.16. The van der Waals surface area contributed by atoms with Crippen molar-refractivity contribution in [3.05, 3.63) is 35.9 Å². The van der Waals surface area contributed by atoms with Gasteiger partial charge in [0.25, 0.3) is 0 Å². The van der Waals surface area contributed by atoms with Crippen molar-refractivity contribution in [3.8, 4) is 0 Å². The van der Waals surface area contributed by atoms with Gasteiger partial charge in [0.2, 0.25) is 10.0 Å². The molecule has 0 heterocycles. The molecule has 22 heavy (non-hydrogen) atoms. The second-order valence-corrected chi connectivity index (χ2v) is 6.92. The van der Waals surface area contributed by atoms with Gasteiger partial charge in [0.1, 0.15) is 0 Å². The number of hydrogen-bond donors (Lipinski definition) is 2. The maximum atomic E-state index is 12.0. The van der Waals surface area contributed by atoms with Crippen LogP contribution in [-0.4, -0.2) is 50.6 Å². The molecule has 0 radical (unpaired) electrons. The number of guanidine groups is 1. The minimum atomic E-state index is -3.24. The first kappa shape index (κ1) is 18.4. The Morgan fingerprint density at radius 3 is 2.45 bits per heavy atom. The largest absolute Gasteiger partial charge is 0.370 e. The van der Waals surface area contributed by atoms with Crippen LogP contribution in [0.15, 0.2) is 35.3 Å². The molecule has 6 nitrogen and oxygen atoms in total. The molecule has 0 saturated carbocycles. The molecular formula is C15H26N4O2S. The highest BCUT2D eigenvalue weighted by atomic mass is 32.2. The summed E-state index contributed by atoms with van der Waals surface area (Å²) in [6.45, 7) is 5.44. The predicted molar refractivity (Wildman–Crippen MR) is 91.3 cm³/mol. The summed E-state index contributed by atoms with van der Waals surface area (Å²) in [6, 6.07) is 10.1. The molecule has 0 bridgehead atoms. The second kappa shape index (κ2) is 9.42.